The molecule has 2 N–H and O–H groups in total. The molecule has 2 aromatic rings. The predicted octanol–water partition coefficient (Wildman–Crippen LogP) is 3.48. The molecule has 2 heterocycles. The third-order valence-electron chi connectivity index (χ3n) is 3.32. The molecule has 1 aromatic carbocycles. The molecule has 114 valence electrons. The summed E-state index contributed by atoms with van der Waals surface area (Å²) in [5.41, 5.74) is 6.89. The minimum atomic E-state index is 0. The molecular formula is C14H17BrClN3OS. The Hall–Kier alpha value is -0.660. The fourth-order valence-electron chi connectivity index (χ4n) is 2.37. The Morgan fingerprint density at radius 2 is 2.33 bits per heavy atom. The molecule has 0 aliphatic carbocycles. The lowest BCUT2D eigenvalue weighted by molar-refractivity contribution is -0.0326. The second-order valence-corrected chi connectivity index (χ2v) is 6.88. The average molecular weight is 391 g/mol. The number of hydrogen-bond donors (Lipinski definition) is 1. The maximum absolute atomic E-state index is 5.89. The zero-order valence-electron chi connectivity index (χ0n) is 11.4. The van der Waals surface area contributed by atoms with Crippen molar-refractivity contribution in [3.05, 3.63) is 45.4 Å². The van der Waals surface area contributed by atoms with Crippen LogP contribution in [0.2, 0.25) is 0 Å². The van der Waals surface area contributed by atoms with Crippen LogP contribution >= 0.6 is 39.7 Å². The maximum atomic E-state index is 5.89. The van der Waals surface area contributed by atoms with E-state index in [-0.39, 0.29) is 18.5 Å². The Morgan fingerprint density at radius 1 is 1.48 bits per heavy atom. The average Bonchev–Trinajstić information content (AvgIpc) is 2.84. The number of nitrogens with zero attached hydrogens (tertiary/aromatic N) is 2. The minimum Gasteiger partial charge on any atom is -0.375 e. The van der Waals surface area contributed by atoms with E-state index in [1.165, 1.54) is 10.4 Å². The molecule has 0 bridgehead atoms. The van der Waals surface area contributed by atoms with Gasteiger partial charge < -0.3 is 10.5 Å². The monoisotopic (exact) mass is 389 g/mol. The molecule has 1 aromatic heterocycles. The summed E-state index contributed by atoms with van der Waals surface area (Å²) >= 11 is 5.07. The van der Waals surface area contributed by atoms with Crippen molar-refractivity contribution in [1.29, 1.82) is 0 Å². The van der Waals surface area contributed by atoms with E-state index in [0.29, 0.717) is 5.13 Å². The third-order valence-corrected chi connectivity index (χ3v) is 4.63. The van der Waals surface area contributed by atoms with Crippen molar-refractivity contribution < 1.29 is 4.74 Å². The SMILES string of the molecule is Cl.Nc1ncc(CN2CCOC(c3cccc(Br)c3)C2)s1. The minimum absolute atomic E-state index is 0. The molecule has 0 saturated carbocycles. The topological polar surface area (TPSA) is 51.4 Å². The van der Waals surface area contributed by atoms with Crippen molar-refractivity contribution in [2.75, 3.05) is 25.4 Å². The highest BCUT2D eigenvalue weighted by Crippen LogP contribution is 2.26. The molecule has 1 fully saturated rings. The van der Waals surface area contributed by atoms with E-state index in [1.807, 2.05) is 18.3 Å². The summed E-state index contributed by atoms with van der Waals surface area (Å²) in [4.78, 5) is 7.70. The highest BCUT2D eigenvalue weighted by Gasteiger charge is 2.22. The number of morpholine rings is 1. The molecule has 7 heteroatoms. The summed E-state index contributed by atoms with van der Waals surface area (Å²) in [6.45, 7) is 3.49. The smallest absolute Gasteiger partial charge is 0.180 e. The van der Waals surface area contributed by atoms with Crippen molar-refractivity contribution in [1.82, 2.24) is 9.88 Å². The first kappa shape index (κ1) is 16.7. The molecular weight excluding hydrogens is 374 g/mol. The van der Waals surface area contributed by atoms with Crippen LogP contribution in [0.3, 0.4) is 0 Å². The molecule has 1 saturated heterocycles. The van der Waals surface area contributed by atoms with Crippen LogP contribution in [0.4, 0.5) is 5.13 Å². The number of rotatable bonds is 3. The van der Waals surface area contributed by atoms with E-state index in [0.717, 1.165) is 30.7 Å². The number of aromatic nitrogens is 1. The van der Waals surface area contributed by atoms with E-state index in [4.69, 9.17) is 10.5 Å². The number of nitrogens with two attached hydrogens (primary N) is 1. The van der Waals surface area contributed by atoms with Gasteiger partial charge in [0.05, 0.1) is 12.7 Å². The van der Waals surface area contributed by atoms with Crippen LogP contribution in [0.15, 0.2) is 34.9 Å². The van der Waals surface area contributed by atoms with Gasteiger partial charge in [0.2, 0.25) is 0 Å². The Kier molecular flexibility index (Phi) is 6.01. The Balaban J connectivity index is 0.00000161. The van der Waals surface area contributed by atoms with Gasteiger partial charge in [0.25, 0.3) is 0 Å². The maximum Gasteiger partial charge on any atom is 0.180 e. The largest absolute Gasteiger partial charge is 0.375 e. The van der Waals surface area contributed by atoms with Gasteiger partial charge in [-0.1, -0.05) is 28.1 Å². The predicted molar refractivity (Wildman–Crippen MR) is 91.9 cm³/mol. The Morgan fingerprint density at radius 3 is 3.05 bits per heavy atom. The van der Waals surface area contributed by atoms with Crippen LogP contribution in [-0.4, -0.2) is 29.6 Å². The highest BCUT2D eigenvalue weighted by atomic mass is 79.9. The van der Waals surface area contributed by atoms with Crippen molar-refractivity contribution in [3.8, 4) is 0 Å². The van der Waals surface area contributed by atoms with Crippen LogP contribution in [0.25, 0.3) is 0 Å². The van der Waals surface area contributed by atoms with Gasteiger partial charge in [-0.05, 0) is 17.7 Å². The van der Waals surface area contributed by atoms with Gasteiger partial charge in [-0.3, -0.25) is 4.90 Å². The van der Waals surface area contributed by atoms with E-state index in [1.54, 1.807) is 11.3 Å². The van der Waals surface area contributed by atoms with Gasteiger partial charge in [0.15, 0.2) is 5.13 Å². The number of nitrogen functional groups attached to an aromatic ring is 1. The Labute approximate surface area is 142 Å². The van der Waals surface area contributed by atoms with E-state index in [2.05, 4.69) is 37.9 Å². The number of benzene rings is 1. The Bertz CT molecular complexity index is 595. The molecule has 0 amide bonds. The number of halogens is 2. The highest BCUT2D eigenvalue weighted by molar-refractivity contribution is 9.10. The van der Waals surface area contributed by atoms with Crippen LogP contribution < -0.4 is 5.73 Å². The zero-order valence-corrected chi connectivity index (χ0v) is 14.6. The molecule has 21 heavy (non-hydrogen) atoms. The number of ether oxygens (including phenoxy) is 1. The second-order valence-electron chi connectivity index (χ2n) is 4.81. The van der Waals surface area contributed by atoms with Crippen LogP contribution in [0, 0.1) is 0 Å². The number of hydrogen-bond acceptors (Lipinski definition) is 5. The van der Waals surface area contributed by atoms with Gasteiger partial charge in [0.1, 0.15) is 0 Å². The molecule has 0 radical (unpaired) electrons. The first-order valence-electron chi connectivity index (χ1n) is 6.50. The normalized spacial score (nSPS) is 19.2. The standard InChI is InChI=1S/C14H16BrN3OS.ClH/c15-11-3-1-2-10(6-11)13-9-18(4-5-19-13)8-12-7-17-14(16)20-12;/h1-3,6-7,13H,4-5,8-9H2,(H2,16,17);1H. The first-order chi connectivity index (χ1) is 9.70. The summed E-state index contributed by atoms with van der Waals surface area (Å²) in [6, 6.07) is 8.32. The third kappa shape index (κ3) is 4.40. The quantitative estimate of drug-likeness (QED) is 0.871. The summed E-state index contributed by atoms with van der Waals surface area (Å²) < 4.78 is 6.98. The number of anilines is 1. The summed E-state index contributed by atoms with van der Waals surface area (Å²) in [6.07, 6.45) is 2.00. The van der Waals surface area contributed by atoms with Gasteiger partial charge >= 0.3 is 0 Å². The molecule has 1 aliphatic rings. The van der Waals surface area contributed by atoms with E-state index >= 15 is 0 Å². The van der Waals surface area contributed by atoms with Gasteiger partial charge in [-0.2, -0.15) is 0 Å². The van der Waals surface area contributed by atoms with Crippen molar-refractivity contribution in [2.45, 2.75) is 12.6 Å². The van der Waals surface area contributed by atoms with Gasteiger partial charge in [0, 0.05) is 35.2 Å². The number of thiazole rings is 1. The molecule has 1 atom stereocenters. The lowest BCUT2D eigenvalue weighted by atomic mass is 10.1. The van der Waals surface area contributed by atoms with Crippen LogP contribution in [0.1, 0.15) is 16.5 Å². The van der Waals surface area contributed by atoms with Gasteiger partial charge in [-0.15, -0.1) is 23.7 Å². The molecule has 1 aliphatic heterocycles. The molecule has 0 spiro atoms. The second kappa shape index (κ2) is 7.56. The van der Waals surface area contributed by atoms with E-state index < -0.39 is 0 Å². The van der Waals surface area contributed by atoms with Crippen molar-refractivity contribution in [3.63, 3.8) is 0 Å². The summed E-state index contributed by atoms with van der Waals surface area (Å²) in [5, 5.41) is 0.636. The lowest BCUT2D eigenvalue weighted by Crippen LogP contribution is -2.37. The van der Waals surface area contributed by atoms with Crippen LogP contribution in [-0.2, 0) is 11.3 Å². The molecule has 1 unspecified atom stereocenters. The van der Waals surface area contributed by atoms with E-state index in [9.17, 15) is 0 Å². The fraction of sp³-hybridized carbons (Fsp3) is 0.357. The van der Waals surface area contributed by atoms with Crippen LogP contribution in [0.5, 0.6) is 0 Å². The van der Waals surface area contributed by atoms with Gasteiger partial charge in [-0.25, -0.2) is 4.98 Å². The summed E-state index contributed by atoms with van der Waals surface area (Å²) in [7, 11) is 0. The zero-order chi connectivity index (χ0) is 13.9. The van der Waals surface area contributed by atoms with Crippen molar-refractivity contribution >= 4 is 44.8 Å². The molecule has 4 nitrogen and oxygen atoms in total. The summed E-state index contributed by atoms with van der Waals surface area (Å²) in [5.74, 6) is 0. The van der Waals surface area contributed by atoms with Crippen molar-refractivity contribution in [2.24, 2.45) is 0 Å². The molecule has 3 rings (SSSR count). The lowest BCUT2D eigenvalue weighted by Gasteiger charge is -2.32. The first-order valence-corrected chi connectivity index (χ1v) is 8.11. The fourth-order valence-corrected chi connectivity index (χ4v) is 3.51.